The Morgan fingerprint density at radius 1 is 1.56 bits per heavy atom. The highest BCUT2D eigenvalue weighted by atomic mass is 32.2. The summed E-state index contributed by atoms with van der Waals surface area (Å²) in [5, 5.41) is 3.13. The van der Waals surface area contributed by atoms with E-state index in [1.54, 1.807) is 18.0 Å². The summed E-state index contributed by atoms with van der Waals surface area (Å²) in [6.45, 7) is 3.33. The van der Waals surface area contributed by atoms with Gasteiger partial charge in [-0.05, 0) is 37.3 Å². The van der Waals surface area contributed by atoms with Crippen molar-refractivity contribution in [3.8, 4) is 0 Å². The fraction of sp³-hybridized carbons (Fsp3) is 0.538. The third-order valence-corrected chi connectivity index (χ3v) is 4.57. The lowest BCUT2D eigenvalue weighted by atomic mass is 10.00. The topological polar surface area (TPSA) is 45.2 Å². The Hall–Kier alpha value is -1.07. The van der Waals surface area contributed by atoms with E-state index in [1.165, 1.54) is 13.0 Å². The lowest BCUT2D eigenvalue weighted by Gasteiger charge is -2.22. The van der Waals surface area contributed by atoms with Gasteiger partial charge in [0.2, 0.25) is 0 Å². The van der Waals surface area contributed by atoms with Crippen molar-refractivity contribution < 1.29 is 4.79 Å². The van der Waals surface area contributed by atoms with Crippen LogP contribution in [0.4, 0.5) is 0 Å². The summed E-state index contributed by atoms with van der Waals surface area (Å²) in [5.41, 5.74) is 0.527. The van der Waals surface area contributed by atoms with E-state index < -0.39 is 0 Å². The molecule has 2 unspecified atom stereocenters. The first-order valence-corrected chi connectivity index (χ1v) is 7.52. The van der Waals surface area contributed by atoms with Crippen LogP contribution < -0.4 is 5.32 Å². The van der Waals surface area contributed by atoms with Gasteiger partial charge in [0, 0.05) is 30.2 Å². The lowest BCUT2D eigenvalue weighted by Crippen LogP contribution is -2.43. The van der Waals surface area contributed by atoms with Crippen LogP contribution in [0.25, 0.3) is 0 Å². The number of rotatable bonds is 3. The predicted molar refractivity (Wildman–Crippen MR) is 71.8 cm³/mol. The second kappa shape index (κ2) is 4.90. The molecule has 1 aromatic rings. The maximum Gasteiger partial charge on any atom is 0.270 e. The summed E-state index contributed by atoms with van der Waals surface area (Å²) in [4.78, 5) is 19.8. The maximum atomic E-state index is 12.1. The molecular weight excluding hydrogens is 246 g/mol. The molecule has 18 heavy (non-hydrogen) atoms. The molecule has 4 nitrogen and oxygen atoms in total. The molecule has 5 heteroatoms. The Labute approximate surface area is 111 Å². The van der Waals surface area contributed by atoms with Gasteiger partial charge in [0.05, 0.1) is 0 Å². The molecule has 0 radical (unpaired) electrons. The zero-order valence-electron chi connectivity index (χ0n) is 10.4. The fourth-order valence-corrected chi connectivity index (χ4v) is 3.28. The third-order valence-electron chi connectivity index (χ3n) is 3.85. The summed E-state index contributed by atoms with van der Waals surface area (Å²) in [6.07, 6.45) is 4.91. The average Bonchev–Trinajstić information content (AvgIpc) is 3.01. The molecule has 0 aliphatic carbocycles. The van der Waals surface area contributed by atoms with Crippen LogP contribution >= 0.6 is 11.8 Å². The van der Waals surface area contributed by atoms with Gasteiger partial charge in [-0.15, -0.1) is 11.8 Å². The van der Waals surface area contributed by atoms with E-state index in [0.29, 0.717) is 17.7 Å². The highest BCUT2D eigenvalue weighted by Gasteiger charge is 2.38. The monoisotopic (exact) mass is 263 g/mol. The molecule has 0 aromatic carbocycles. The molecule has 2 bridgehead atoms. The number of piperidine rings is 1. The van der Waals surface area contributed by atoms with Crippen molar-refractivity contribution in [3.63, 3.8) is 0 Å². The maximum absolute atomic E-state index is 12.1. The van der Waals surface area contributed by atoms with Crippen molar-refractivity contribution in [2.45, 2.75) is 17.4 Å². The smallest absolute Gasteiger partial charge is 0.270 e. The number of hydrogen-bond acceptors (Lipinski definition) is 4. The second-order valence-electron chi connectivity index (χ2n) is 4.97. The van der Waals surface area contributed by atoms with Crippen molar-refractivity contribution in [2.75, 3.05) is 25.9 Å². The number of aromatic nitrogens is 1. The molecule has 1 N–H and O–H groups in total. The number of fused-ring (bicyclic) bond motifs is 2. The first kappa shape index (κ1) is 12.0. The number of thioether (sulfide) groups is 1. The fourth-order valence-electron chi connectivity index (χ4n) is 2.85. The van der Waals surface area contributed by atoms with Crippen molar-refractivity contribution >= 4 is 17.7 Å². The van der Waals surface area contributed by atoms with Crippen LogP contribution in [0.3, 0.4) is 0 Å². The molecule has 3 rings (SSSR count). The summed E-state index contributed by atoms with van der Waals surface area (Å²) < 4.78 is 0. The van der Waals surface area contributed by atoms with E-state index in [0.717, 1.165) is 18.0 Å². The SMILES string of the molecule is CSc1ccnc(C(=O)NC2CN3CC[C@H]2C3)c1. The summed E-state index contributed by atoms with van der Waals surface area (Å²) in [5.74, 6) is 0.599. The number of nitrogens with one attached hydrogen (secondary N) is 1. The largest absolute Gasteiger partial charge is 0.346 e. The van der Waals surface area contributed by atoms with Crippen LogP contribution in [0.15, 0.2) is 23.2 Å². The quantitative estimate of drug-likeness (QED) is 0.833. The van der Waals surface area contributed by atoms with Crippen molar-refractivity contribution in [1.29, 1.82) is 0 Å². The molecular formula is C13H17N3OS. The first-order valence-electron chi connectivity index (χ1n) is 6.29. The molecule has 3 atom stereocenters. The Morgan fingerprint density at radius 2 is 2.44 bits per heavy atom. The number of nitrogens with zero attached hydrogens (tertiary/aromatic N) is 2. The van der Waals surface area contributed by atoms with Crippen molar-refractivity contribution in [1.82, 2.24) is 15.2 Å². The zero-order valence-corrected chi connectivity index (χ0v) is 11.2. The van der Waals surface area contributed by atoms with Gasteiger partial charge in [-0.1, -0.05) is 0 Å². The Morgan fingerprint density at radius 3 is 3.11 bits per heavy atom. The van der Waals surface area contributed by atoms with Gasteiger partial charge in [0.1, 0.15) is 5.69 Å². The summed E-state index contributed by atoms with van der Waals surface area (Å²) in [7, 11) is 0. The standard InChI is InChI=1S/C13H17N3OS/c1-18-10-2-4-14-11(6-10)13(17)15-12-8-16-5-3-9(12)7-16/h2,4,6,9,12H,3,5,7-8H2,1H3,(H,15,17)/t9-,12?/m0/s1. The van der Waals surface area contributed by atoms with Crippen LogP contribution in [0.1, 0.15) is 16.9 Å². The predicted octanol–water partition coefficient (Wildman–Crippen LogP) is 1.24. The summed E-state index contributed by atoms with van der Waals surface area (Å²) in [6, 6.07) is 4.09. The third kappa shape index (κ3) is 2.24. The molecule has 0 spiro atoms. The van der Waals surface area contributed by atoms with E-state index in [4.69, 9.17) is 0 Å². The molecule has 2 aliphatic heterocycles. The molecule has 2 aliphatic rings. The van der Waals surface area contributed by atoms with E-state index in [9.17, 15) is 4.79 Å². The minimum atomic E-state index is -0.0374. The zero-order chi connectivity index (χ0) is 12.5. The molecule has 2 fully saturated rings. The Bertz CT molecular complexity index is 465. The Kier molecular flexibility index (Phi) is 3.26. The van der Waals surface area contributed by atoms with Crippen LogP contribution in [0, 0.1) is 5.92 Å². The number of amides is 1. The molecule has 1 amide bonds. The lowest BCUT2D eigenvalue weighted by molar-refractivity contribution is 0.0919. The molecule has 2 saturated heterocycles. The number of hydrogen-bond donors (Lipinski definition) is 1. The minimum absolute atomic E-state index is 0.0374. The van der Waals surface area contributed by atoms with E-state index >= 15 is 0 Å². The van der Waals surface area contributed by atoms with Gasteiger partial charge >= 0.3 is 0 Å². The van der Waals surface area contributed by atoms with Gasteiger partial charge in [0.25, 0.3) is 5.91 Å². The summed E-state index contributed by atoms with van der Waals surface area (Å²) >= 11 is 1.63. The molecule has 1 aromatic heterocycles. The van der Waals surface area contributed by atoms with Gasteiger partial charge in [-0.25, -0.2) is 0 Å². The molecule has 0 saturated carbocycles. The minimum Gasteiger partial charge on any atom is -0.346 e. The van der Waals surface area contributed by atoms with Gasteiger partial charge in [-0.3, -0.25) is 9.78 Å². The average molecular weight is 263 g/mol. The van der Waals surface area contributed by atoms with Gasteiger partial charge in [-0.2, -0.15) is 0 Å². The molecule has 3 heterocycles. The number of carbonyl (C=O) groups excluding carboxylic acids is 1. The van der Waals surface area contributed by atoms with Crippen LogP contribution in [0.2, 0.25) is 0 Å². The van der Waals surface area contributed by atoms with Gasteiger partial charge < -0.3 is 10.2 Å². The highest BCUT2D eigenvalue weighted by Crippen LogP contribution is 2.27. The van der Waals surface area contributed by atoms with Crippen molar-refractivity contribution in [2.24, 2.45) is 5.92 Å². The van der Waals surface area contributed by atoms with Crippen LogP contribution in [-0.2, 0) is 0 Å². The normalized spacial score (nSPS) is 29.5. The van der Waals surface area contributed by atoms with E-state index in [-0.39, 0.29) is 5.91 Å². The van der Waals surface area contributed by atoms with Crippen molar-refractivity contribution in [3.05, 3.63) is 24.0 Å². The molecule has 96 valence electrons. The van der Waals surface area contributed by atoms with E-state index in [2.05, 4.69) is 15.2 Å². The van der Waals surface area contributed by atoms with Crippen LogP contribution in [-0.4, -0.2) is 47.7 Å². The highest BCUT2D eigenvalue weighted by molar-refractivity contribution is 7.98. The second-order valence-corrected chi connectivity index (χ2v) is 5.85. The number of pyridine rings is 1. The van der Waals surface area contributed by atoms with E-state index in [1.807, 2.05) is 18.4 Å². The number of carbonyl (C=O) groups is 1. The van der Waals surface area contributed by atoms with Crippen LogP contribution in [0.5, 0.6) is 0 Å². The first-order chi connectivity index (χ1) is 8.76. The Balaban J connectivity index is 1.67. The van der Waals surface area contributed by atoms with Gasteiger partial charge in [0.15, 0.2) is 0 Å².